The van der Waals surface area contributed by atoms with Crippen LogP contribution in [-0.2, 0) is 6.54 Å². The molecule has 20 heavy (non-hydrogen) atoms. The third kappa shape index (κ3) is 3.93. The highest BCUT2D eigenvalue weighted by Gasteiger charge is 2.24. The maximum atomic E-state index is 13.7. The van der Waals surface area contributed by atoms with Gasteiger partial charge in [0.15, 0.2) is 11.6 Å². The minimum Gasteiger partial charge on any atom is -0.494 e. The molecule has 1 aromatic rings. The molecule has 0 aromatic heterocycles. The zero-order chi connectivity index (χ0) is 14.5. The molecule has 1 aliphatic rings. The normalized spacial score (nSPS) is 19.8. The first-order valence-corrected chi connectivity index (χ1v) is 7.40. The van der Waals surface area contributed by atoms with Gasteiger partial charge in [-0.05, 0) is 37.1 Å². The monoisotopic (exact) mass is 280 g/mol. The van der Waals surface area contributed by atoms with Crippen molar-refractivity contribution in [1.29, 1.82) is 0 Å². The number of nitrogens with one attached hydrogen (secondary N) is 1. The predicted octanol–water partition coefficient (Wildman–Crippen LogP) is 2.80. The maximum absolute atomic E-state index is 13.7. The van der Waals surface area contributed by atoms with Crippen molar-refractivity contribution in [3.05, 3.63) is 29.6 Å². The Balaban J connectivity index is 1.96. The molecule has 1 aliphatic heterocycles. The summed E-state index contributed by atoms with van der Waals surface area (Å²) in [4.78, 5) is 2.44. The molecule has 1 unspecified atom stereocenters. The van der Waals surface area contributed by atoms with Gasteiger partial charge in [0.05, 0.1) is 7.11 Å². The summed E-state index contributed by atoms with van der Waals surface area (Å²) >= 11 is 0. The lowest BCUT2D eigenvalue weighted by Crippen LogP contribution is -2.39. The van der Waals surface area contributed by atoms with Crippen LogP contribution in [0.15, 0.2) is 18.2 Å². The fraction of sp³-hybridized carbons (Fsp3) is 0.625. The molecule has 3 nitrogen and oxygen atoms in total. The van der Waals surface area contributed by atoms with E-state index in [-0.39, 0.29) is 5.82 Å². The summed E-state index contributed by atoms with van der Waals surface area (Å²) in [6, 6.07) is 6.32. The maximum Gasteiger partial charge on any atom is 0.165 e. The summed E-state index contributed by atoms with van der Waals surface area (Å²) in [5.74, 6) is 0.0363. The summed E-state index contributed by atoms with van der Waals surface area (Å²) in [7, 11) is 1.49. The fourth-order valence-corrected chi connectivity index (χ4v) is 2.75. The molecule has 1 heterocycles. The molecule has 1 fully saturated rings. The topological polar surface area (TPSA) is 24.5 Å². The van der Waals surface area contributed by atoms with Crippen molar-refractivity contribution in [2.75, 3.05) is 20.2 Å². The quantitative estimate of drug-likeness (QED) is 0.867. The molecule has 0 radical (unpaired) electrons. The molecule has 2 rings (SSSR count). The van der Waals surface area contributed by atoms with E-state index in [1.165, 1.54) is 20.0 Å². The summed E-state index contributed by atoms with van der Waals surface area (Å²) < 4.78 is 18.7. The van der Waals surface area contributed by atoms with Crippen LogP contribution >= 0.6 is 0 Å². The zero-order valence-corrected chi connectivity index (χ0v) is 12.7. The first-order chi connectivity index (χ1) is 9.60. The summed E-state index contributed by atoms with van der Waals surface area (Å²) in [6.45, 7) is 7.25. The van der Waals surface area contributed by atoms with Crippen LogP contribution in [0.25, 0.3) is 0 Å². The Hall–Kier alpha value is -1.13. The van der Waals surface area contributed by atoms with Gasteiger partial charge < -0.3 is 10.1 Å². The van der Waals surface area contributed by atoms with Gasteiger partial charge in [-0.1, -0.05) is 19.9 Å². The standard InChI is InChI=1S/C16H25FN2O/c1-12(2)18-10-14-5-4-8-19(14)11-13-6-7-16(20-3)15(17)9-13/h6-7,9,12,14,18H,4-5,8,10-11H2,1-3H3. The molecule has 0 saturated carbocycles. The summed E-state index contributed by atoms with van der Waals surface area (Å²) in [6.07, 6.45) is 2.45. The number of hydrogen-bond donors (Lipinski definition) is 1. The molecule has 1 aromatic carbocycles. The van der Waals surface area contributed by atoms with Gasteiger partial charge in [0.1, 0.15) is 0 Å². The van der Waals surface area contributed by atoms with E-state index in [1.54, 1.807) is 12.1 Å². The lowest BCUT2D eigenvalue weighted by atomic mass is 10.1. The highest BCUT2D eigenvalue weighted by Crippen LogP contribution is 2.23. The molecular formula is C16H25FN2O. The van der Waals surface area contributed by atoms with Crippen LogP contribution in [-0.4, -0.2) is 37.2 Å². The zero-order valence-electron chi connectivity index (χ0n) is 12.7. The van der Waals surface area contributed by atoms with Crippen LogP contribution in [0.2, 0.25) is 0 Å². The Kier molecular flexibility index (Phi) is 5.38. The number of nitrogens with zero attached hydrogens (tertiary/aromatic N) is 1. The molecule has 0 amide bonds. The van der Waals surface area contributed by atoms with Gasteiger partial charge in [0, 0.05) is 25.2 Å². The molecule has 4 heteroatoms. The third-order valence-electron chi connectivity index (χ3n) is 3.86. The smallest absolute Gasteiger partial charge is 0.165 e. The number of hydrogen-bond acceptors (Lipinski definition) is 3. The summed E-state index contributed by atoms with van der Waals surface area (Å²) in [5.41, 5.74) is 1.01. The molecular weight excluding hydrogens is 255 g/mol. The molecule has 0 aliphatic carbocycles. The van der Waals surface area contributed by atoms with Crippen LogP contribution < -0.4 is 10.1 Å². The van der Waals surface area contributed by atoms with Gasteiger partial charge in [-0.3, -0.25) is 4.90 Å². The second kappa shape index (κ2) is 7.04. The van der Waals surface area contributed by atoms with Crippen molar-refractivity contribution in [2.24, 2.45) is 0 Å². The van der Waals surface area contributed by atoms with Crippen molar-refractivity contribution in [3.63, 3.8) is 0 Å². The minimum absolute atomic E-state index is 0.277. The van der Waals surface area contributed by atoms with Gasteiger partial charge in [-0.2, -0.15) is 0 Å². The fourth-order valence-electron chi connectivity index (χ4n) is 2.75. The van der Waals surface area contributed by atoms with Crippen LogP contribution in [0.4, 0.5) is 4.39 Å². The molecule has 0 spiro atoms. The molecule has 1 saturated heterocycles. The number of methoxy groups -OCH3 is 1. The Bertz CT molecular complexity index is 436. The second-order valence-electron chi connectivity index (χ2n) is 5.80. The van der Waals surface area contributed by atoms with Crippen molar-refractivity contribution in [2.45, 2.75) is 45.3 Å². The third-order valence-corrected chi connectivity index (χ3v) is 3.86. The molecule has 112 valence electrons. The van der Waals surface area contributed by atoms with Crippen molar-refractivity contribution < 1.29 is 9.13 Å². The lowest BCUT2D eigenvalue weighted by molar-refractivity contribution is 0.235. The van der Waals surface area contributed by atoms with Gasteiger partial charge in [0.25, 0.3) is 0 Å². The van der Waals surface area contributed by atoms with Crippen LogP contribution in [0, 0.1) is 5.82 Å². The second-order valence-corrected chi connectivity index (χ2v) is 5.80. The van der Waals surface area contributed by atoms with Gasteiger partial charge in [0.2, 0.25) is 0 Å². The van der Waals surface area contributed by atoms with Gasteiger partial charge in [-0.25, -0.2) is 4.39 Å². The van der Waals surface area contributed by atoms with Crippen LogP contribution in [0.3, 0.4) is 0 Å². The van der Waals surface area contributed by atoms with Crippen molar-refractivity contribution in [3.8, 4) is 5.75 Å². The van der Waals surface area contributed by atoms with E-state index >= 15 is 0 Å². The highest BCUT2D eigenvalue weighted by molar-refractivity contribution is 5.29. The lowest BCUT2D eigenvalue weighted by Gasteiger charge is -2.25. The Labute approximate surface area is 121 Å². The average molecular weight is 280 g/mol. The highest BCUT2D eigenvalue weighted by atomic mass is 19.1. The Morgan fingerprint density at radius 3 is 2.90 bits per heavy atom. The number of likely N-dealkylation sites (tertiary alicyclic amines) is 1. The van der Waals surface area contributed by atoms with E-state index in [2.05, 4.69) is 24.1 Å². The molecule has 1 N–H and O–H groups in total. The average Bonchev–Trinajstić information content (AvgIpc) is 2.84. The van der Waals surface area contributed by atoms with E-state index in [0.29, 0.717) is 17.8 Å². The first kappa shape index (κ1) is 15.3. The van der Waals surface area contributed by atoms with Crippen molar-refractivity contribution >= 4 is 0 Å². The van der Waals surface area contributed by atoms with Crippen LogP contribution in [0.5, 0.6) is 5.75 Å². The number of benzene rings is 1. The van der Waals surface area contributed by atoms with Gasteiger partial charge >= 0.3 is 0 Å². The van der Waals surface area contributed by atoms with E-state index in [4.69, 9.17) is 4.74 Å². The number of halogens is 1. The van der Waals surface area contributed by atoms with Crippen LogP contribution in [0.1, 0.15) is 32.3 Å². The van der Waals surface area contributed by atoms with E-state index in [9.17, 15) is 4.39 Å². The Morgan fingerprint density at radius 1 is 1.45 bits per heavy atom. The molecule has 1 atom stereocenters. The first-order valence-electron chi connectivity index (χ1n) is 7.40. The number of ether oxygens (including phenoxy) is 1. The Morgan fingerprint density at radius 2 is 2.25 bits per heavy atom. The van der Waals surface area contributed by atoms with E-state index < -0.39 is 0 Å². The summed E-state index contributed by atoms with van der Waals surface area (Å²) in [5, 5.41) is 3.50. The molecule has 0 bridgehead atoms. The van der Waals surface area contributed by atoms with E-state index in [0.717, 1.165) is 25.2 Å². The number of rotatable bonds is 6. The minimum atomic E-state index is -0.277. The van der Waals surface area contributed by atoms with Crippen molar-refractivity contribution in [1.82, 2.24) is 10.2 Å². The SMILES string of the molecule is COc1ccc(CN2CCCC2CNC(C)C)cc1F. The largest absolute Gasteiger partial charge is 0.494 e. The van der Waals surface area contributed by atoms with Gasteiger partial charge in [-0.15, -0.1) is 0 Å². The van der Waals surface area contributed by atoms with E-state index in [1.807, 2.05) is 6.07 Å². The predicted molar refractivity (Wildman–Crippen MR) is 79.5 cm³/mol.